The largest absolute Gasteiger partial charge is 0.479 e. The van der Waals surface area contributed by atoms with Gasteiger partial charge in [-0.3, -0.25) is 14.4 Å². The highest BCUT2D eigenvalue weighted by atomic mass is 16.7. The second-order valence-corrected chi connectivity index (χ2v) is 18.1. The average Bonchev–Trinajstić information content (AvgIpc) is 3.39. The van der Waals surface area contributed by atoms with Gasteiger partial charge in [0.05, 0.1) is 6.61 Å². The van der Waals surface area contributed by atoms with E-state index in [-0.39, 0.29) is 19.3 Å². The maximum atomic E-state index is 13.1. The molecule has 0 bridgehead atoms. The number of aliphatic hydroxyl groups excluding tert-OH is 2. The van der Waals surface area contributed by atoms with Crippen molar-refractivity contribution >= 4 is 23.9 Å². The first-order chi connectivity index (χ1) is 36.6. The molecule has 1 heterocycles. The van der Waals surface area contributed by atoms with E-state index < -0.39 is 73.9 Å². The molecule has 1 saturated heterocycles. The predicted molar refractivity (Wildman–Crippen MR) is 302 cm³/mol. The molecule has 0 aromatic rings. The number of esters is 3. The zero-order valence-electron chi connectivity index (χ0n) is 45.7. The zero-order chi connectivity index (χ0) is 54.7. The van der Waals surface area contributed by atoms with Crippen LogP contribution in [0, 0.1) is 0 Å². The number of unbranched alkanes of at least 4 members (excludes halogenated alkanes) is 6. The third-order valence-electron chi connectivity index (χ3n) is 11.4. The molecule has 75 heavy (non-hydrogen) atoms. The fraction of sp³-hybridized carbons (Fsp3) is 0.556. The van der Waals surface area contributed by atoms with Crippen molar-refractivity contribution in [1.82, 2.24) is 0 Å². The van der Waals surface area contributed by atoms with Gasteiger partial charge in [0.25, 0.3) is 0 Å². The Labute approximate surface area is 451 Å². The summed E-state index contributed by atoms with van der Waals surface area (Å²) in [7, 11) is 0. The van der Waals surface area contributed by atoms with Crippen molar-refractivity contribution in [3.63, 3.8) is 0 Å². The van der Waals surface area contributed by atoms with E-state index in [0.717, 1.165) is 103 Å². The number of carboxylic acid groups (broad SMARTS) is 1. The fourth-order valence-corrected chi connectivity index (χ4v) is 7.21. The highest BCUT2D eigenvalue weighted by Gasteiger charge is 2.50. The second kappa shape index (κ2) is 49.5. The molecule has 6 unspecified atom stereocenters. The molecule has 3 N–H and O–H groups in total. The molecular weight excluding hydrogens is 949 g/mol. The van der Waals surface area contributed by atoms with E-state index in [1.807, 2.05) is 30.4 Å². The number of aliphatic carboxylic acids is 1. The summed E-state index contributed by atoms with van der Waals surface area (Å²) in [6.45, 7) is 5.52. The number of carboxylic acids is 1. The first-order valence-electron chi connectivity index (χ1n) is 27.8. The lowest BCUT2D eigenvalue weighted by atomic mass is 9.98. The number of carbonyl (C=O) groups excluding carboxylic acids is 3. The molecule has 1 fully saturated rings. The highest BCUT2D eigenvalue weighted by molar-refractivity contribution is 5.74. The molecule has 0 radical (unpaired) electrons. The van der Waals surface area contributed by atoms with Crippen LogP contribution < -0.4 is 0 Å². The molecule has 1 aliphatic rings. The minimum atomic E-state index is -1.93. The van der Waals surface area contributed by atoms with Crippen LogP contribution in [0.5, 0.6) is 0 Å². The van der Waals surface area contributed by atoms with Gasteiger partial charge in [-0.15, -0.1) is 0 Å². The van der Waals surface area contributed by atoms with Gasteiger partial charge >= 0.3 is 23.9 Å². The molecule has 1 rings (SSSR count). The van der Waals surface area contributed by atoms with E-state index in [9.17, 15) is 34.5 Å². The van der Waals surface area contributed by atoms with Gasteiger partial charge < -0.3 is 39.0 Å². The number of allylic oxidation sites excluding steroid dienone is 24. The number of ether oxygens (including phenoxy) is 5. The van der Waals surface area contributed by atoms with Crippen molar-refractivity contribution in [2.75, 3.05) is 13.2 Å². The summed E-state index contributed by atoms with van der Waals surface area (Å²) in [5, 5.41) is 31.4. The highest BCUT2D eigenvalue weighted by Crippen LogP contribution is 2.26. The number of hydrogen-bond acceptors (Lipinski definition) is 11. The molecule has 0 aromatic carbocycles. The Morgan fingerprint density at radius 1 is 0.453 bits per heavy atom. The molecule has 0 aromatic heterocycles. The zero-order valence-corrected chi connectivity index (χ0v) is 45.7. The molecule has 0 amide bonds. The lowest BCUT2D eigenvalue weighted by Crippen LogP contribution is -2.61. The van der Waals surface area contributed by atoms with Crippen molar-refractivity contribution in [3.8, 4) is 0 Å². The summed E-state index contributed by atoms with van der Waals surface area (Å²) in [5.41, 5.74) is 0. The summed E-state index contributed by atoms with van der Waals surface area (Å²) in [6.07, 6.45) is 58.6. The Morgan fingerprint density at radius 2 is 0.867 bits per heavy atom. The molecule has 12 heteroatoms. The van der Waals surface area contributed by atoms with Gasteiger partial charge in [-0.25, -0.2) is 4.79 Å². The Bertz CT molecular complexity index is 1860. The molecule has 0 saturated carbocycles. The summed E-state index contributed by atoms with van der Waals surface area (Å²) < 4.78 is 28.1. The molecule has 0 aliphatic carbocycles. The smallest absolute Gasteiger partial charge is 0.335 e. The predicted octanol–water partition coefficient (Wildman–Crippen LogP) is 14.0. The third-order valence-corrected chi connectivity index (χ3v) is 11.4. The summed E-state index contributed by atoms with van der Waals surface area (Å²) in [5.74, 6) is -3.39. The molecule has 1 aliphatic heterocycles. The number of hydrogen-bond donors (Lipinski definition) is 3. The molecule has 12 nitrogen and oxygen atoms in total. The van der Waals surface area contributed by atoms with Crippen LogP contribution in [-0.4, -0.2) is 89.2 Å². The quantitative estimate of drug-likeness (QED) is 0.0228. The molecule has 418 valence electrons. The number of aliphatic hydroxyl groups is 2. The number of rotatable bonds is 44. The Kier molecular flexibility index (Phi) is 44.6. The van der Waals surface area contributed by atoms with Crippen LogP contribution in [0.1, 0.15) is 175 Å². The van der Waals surface area contributed by atoms with Crippen LogP contribution in [0.15, 0.2) is 146 Å². The van der Waals surface area contributed by atoms with E-state index in [4.69, 9.17) is 23.7 Å². The van der Waals surface area contributed by atoms with Gasteiger partial charge in [0.2, 0.25) is 0 Å². The SMILES string of the molecule is CC/C=C\C/C=C\C/C=C\C/C=C\C/C=C\C/C=C\CCC(=O)OCC(COC1OC(C(=O)O)C(O)C(O)C1OC(=O)CCCCCCC/C=C\C/C=C\CCC)OC(=O)CC/C=C\C/C=C\C/C=C\C/C=C\CC. The van der Waals surface area contributed by atoms with Crippen LogP contribution in [0.2, 0.25) is 0 Å². The van der Waals surface area contributed by atoms with E-state index in [1.165, 1.54) is 0 Å². The molecule has 0 spiro atoms. The van der Waals surface area contributed by atoms with Crippen LogP contribution in [0.25, 0.3) is 0 Å². The Balaban J connectivity index is 2.81. The van der Waals surface area contributed by atoms with E-state index >= 15 is 0 Å². The van der Waals surface area contributed by atoms with Crippen LogP contribution >= 0.6 is 0 Å². The standard InChI is InChI=1S/C63H94O12/c1-4-7-10-13-16-19-22-25-26-27-28-29-30-33-34-37-40-43-46-49-55(64)71-52-54(73-56(65)50-47-44-41-38-35-31-23-20-17-14-11-8-5-2)53-72-63-61(59(68)58(67)60(75-63)62(69)70)74-57(66)51-48-45-42-39-36-32-24-21-18-15-12-9-6-3/h7-8,10-12,15-17,19-21,24-26,28-29,31,33-35,40-41,43-44,54,58-61,63,67-68H,4-6,9,13-14,18,22-23,27,30,32,36-39,42,45-53H2,1-3H3,(H,69,70)/b10-7-,11-8-,15-12-,19-16-,20-17-,24-21-,26-25-,29-28-,34-33-,35-31-,43-40-,44-41-. The number of carbonyl (C=O) groups is 4. The fourth-order valence-electron chi connectivity index (χ4n) is 7.21. The Hall–Kier alpha value is -5.40. The monoisotopic (exact) mass is 1040 g/mol. The minimum Gasteiger partial charge on any atom is -0.479 e. The van der Waals surface area contributed by atoms with Crippen molar-refractivity contribution in [1.29, 1.82) is 0 Å². The average molecular weight is 1040 g/mol. The maximum absolute atomic E-state index is 13.1. The third kappa shape index (κ3) is 39.7. The molecule has 6 atom stereocenters. The Morgan fingerprint density at radius 3 is 1.33 bits per heavy atom. The van der Waals surface area contributed by atoms with Gasteiger partial charge in [0.1, 0.15) is 18.8 Å². The first-order valence-corrected chi connectivity index (χ1v) is 27.8. The van der Waals surface area contributed by atoms with E-state index in [0.29, 0.717) is 32.1 Å². The van der Waals surface area contributed by atoms with Crippen molar-refractivity contribution in [2.45, 2.75) is 212 Å². The summed E-state index contributed by atoms with van der Waals surface area (Å²) in [4.78, 5) is 50.9. The first kappa shape index (κ1) is 67.6. The summed E-state index contributed by atoms with van der Waals surface area (Å²) in [6, 6.07) is 0. The van der Waals surface area contributed by atoms with Gasteiger partial charge in [0, 0.05) is 19.3 Å². The summed E-state index contributed by atoms with van der Waals surface area (Å²) >= 11 is 0. The van der Waals surface area contributed by atoms with Crippen molar-refractivity contribution in [3.05, 3.63) is 146 Å². The van der Waals surface area contributed by atoms with Gasteiger partial charge in [-0.05, 0) is 109 Å². The van der Waals surface area contributed by atoms with Gasteiger partial charge in [-0.1, -0.05) is 192 Å². The second-order valence-electron chi connectivity index (χ2n) is 18.1. The van der Waals surface area contributed by atoms with Crippen LogP contribution in [0.3, 0.4) is 0 Å². The lowest BCUT2D eigenvalue weighted by molar-refractivity contribution is -0.301. The lowest BCUT2D eigenvalue weighted by Gasteiger charge is -2.40. The normalized spacial score (nSPS) is 19.3. The topological polar surface area (TPSA) is 175 Å². The minimum absolute atomic E-state index is 0.0155. The molecular formula is C63H94O12. The van der Waals surface area contributed by atoms with Crippen molar-refractivity contribution in [2.24, 2.45) is 0 Å². The van der Waals surface area contributed by atoms with E-state index in [1.54, 1.807) is 0 Å². The van der Waals surface area contributed by atoms with Crippen LogP contribution in [-0.2, 0) is 42.9 Å². The van der Waals surface area contributed by atoms with E-state index in [2.05, 4.69) is 136 Å². The van der Waals surface area contributed by atoms with Crippen molar-refractivity contribution < 1.29 is 58.2 Å². The van der Waals surface area contributed by atoms with Gasteiger partial charge in [-0.2, -0.15) is 0 Å². The van der Waals surface area contributed by atoms with Gasteiger partial charge in [0.15, 0.2) is 24.6 Å². The van der Waals surface area contributed by atoms with Crippen LogP contribution in [0.4, 0.5) is 0 Å². The maximum Gasteiger partial charge on any atom is 0.335 e.